The molecule has 2 aliphatic rings. The predicted octanol–water partition coefficient (Wildman–Crippen LogP) is 6.86. The topological polar surface area (TPSA) is 110 Å². The molecule has 2 fully saturated rings. The fraction of sp³-hybridized carbons (Fsp3) is 0.500. The lowest BCUT2D eigenvalue weighted by molar-refractivity contribution is -0.139. The predicted molar refractivity (Wildman–Crippen MR) is 147 cm³/mol. The molecular weight excluding hydrogens is 570 g/mol. The van der Waals surface area contributed by atoms with Crippen molar-refractivity contribution in [1.29, 1.82) is 0 Å². The van der Waals surface area contributed by atoms with Crippen LogP contribution in [-0.2, 0) is 17.5 Å². The number of hydrogen-bond donors (Lipinski definition) is 1. The van der Waals surface area contributed by atoms with Crippen molar-refractivity contribution >= 4 is 17.6 Å². The molecule has 0 spiro atoms. The molecule has 5 rings (SSSR count). The molecule has 2 aromatic heterocycles. The van der Waals surface area contributed by atoms with E-state index < -0.39 is 40.7 Å². The van der Waals surface area contributed by atoms with E-state index in [9.17, 15) is 27.9 Å². The van der Waals surface area contributed by atoms with Gasteiger partial charge in [0.15, 0.2) is 11.6 Å². The number of benzene rings is 1. The normalized spacial score (nSPS) is 19.7. The minimum Gasteiger partial charge on any atom is -0.478 e. The number of aromatic carboxylic acids is 1. The molecule has 1 aromatic carbocycles. The molecule has 0 saturated heterocycles. The molecule has 13 heteroatoms. The zero-order valence-corrected chi connectivity index (χ0v) is 23.7. The molecule has 2 aliphatic carbocycles. The first-order valence-corrected chi connectivity index (χ1v) is 14.5. The molecule has 43 heavy (non-hydrogen) atoms. The van der Waals surface area contributed by atoms with E-state index in [0.717, 1.165) is 56.5 Å². The van der Waals surface area contributed by atoms with Crippen molar-refractivity contribution in [2.45, 2.75) is 83.5 Å². The lowest BCUT2D eigenvalue weighted by Gasteiger charge is -2.38. The summed E-state index contributed by atoms with van der Waals surface area (Å²) in [6.45, 7) is 2.03. The van der Waals surface area contributed by atoms with Crippen molar-refractivity contribution in [3.05, 3.63) is 59.3 Å². The second-order valence-electron chi connectivity index (χ2n) is 11.4. The smallest absolute Gasteiger partial charge is 0.421 e. The number of carboxylic acid groups (broad SMARTS) is 1. The van der Waals surface area contributed by atoms with E-state index in [-0.39, 0.29) is 35.7 Å². The van der Waals surface area contributed by atoms with Gasteiger partial charge < -0.3 is 14.7 Å². The first kappa shape index (κ1) is 30.4. The second-order valence-corrected chi connectivity index (χ2v) is 11.4. The number of nitrogens with zero attached hydrogens (tertiary/aromatic N) is 5. The largest absolute Gasteiger partial charge is 0.478 e. The lowest BCUT2D eigenvalue weighted by Crippen LogP contribution is -2.46. The Labute approximate surface area is 245 Å². The fourth-order valence-corrected chi connectivity index (χ4v) is 5.99. The average Bonchev–Trinajstić information content (AvgIpc) is 3.48. The Morgan fingerprint density at radius 2 is 1.70 bits per heavy atom. The summed E-state index contributed by atoms with van der Waals surface area (Å²) in [5.41, 5.74) is -1.70. The van der Waals surface area contributed by atoms with E-state index in [0.29, 0.717) is 31.6 Å². The zero-order chi connectivity index (χ0) is 30.7. The molecule has 2 saturated carbocycles. The molecule has 9 nitrogen and oxygen atoms in total. The number of alkyl halides is 3. The number of ether oxygens (including phenoxy) is 1. The van der Waals surface area contributed by atoms with Crippen LogP contribution in [0.5, 0.6) is 11.6 Å². The van der Waals surface area contributed by atoms with Gasteiger partial charge in [-0.1, -0.05) is 26.2 Å². The van der Waals surface area contributed by atoms with Crippen LogP contribution < -0.4 is 9.64 Å². The summed E-state index contributed by atoms with van der Waals surface area (Å²) in [7, 11) is 0. The van der Waals surface area contributed by atoms with Gasteiger partial charge in [-0.15, -0.1) is 0 Å². The SMILES string of the molecule is CC1CCC(C(=O)N(c2cc(F)c(Oc3ncc(Cn4nccn4)cc3C(F)(F)F)cc2C(=O)O)C2CCCCC2)CC1. The van der Waals surface area contributed by atoms with Crippen molar-refractivity contribution < 1.29 is 37.0 Å². The lowest BCUT2D eigenvalue weighted by atomic mass is 9.81. The summed E-state index contributed by atoms with van der Waals surface area (Å²) in [5.74, 6) is -4.32. The van der Waals surface area contributed by atoms with Crippen LogP contribution in [0.2, 0.25) is 0 Å². The summed E-state index contributed by atoms with van der Waals surface area (Å²) in [5, 5.41) is 17.9. The Morgan fingerprint density at radius 3 is 2.33 bits per heavy atom. The van der Waals surface area contributed by atoms with Crippen LogP contribution in [0, 0.1) is 17.7 Å². The highest BCUT2D eigenvalue weighted by Crippen LogP contribution is 2.41. The Balaban J connectivity index is 1.51. The quantitative estimate of drug-likeness (QED) is 0.280. The molecule has 0 atom stereocenters. The monoisotopic (exact) mass is 603 g/mol. The highest BCUT2D eigenvalue weighted by molar-refractivity contribution is 6.03. The summed E-state index contributed by atoms with van der Waals surface area (Å²) in [6.07, 6.45) is 5.99. The van der Waals surface area contributed by atoms with Crippen molar-refractivity contribution in [3.8, 4) is 11.6 Å². The Bertz CT molecular complexity index is 1450. The van der Waals surface area contributed by atoms with Gasteiger partial charge in [0, 0.05) is 30.3 Å². The number of amides is 1. The summed E-state index contributed by atoms with van der Waals surface area (Å²) in [6, 6.07) is 2.22. The van der Waals surface area contributed by atoms with Crippen LogP contribution in [0.4, 0.5) is 23.2 Å². The van der Waals surface area contributed by atoms with Crippen LogP contribution in [0.15, 0.2) is 36.8 Å². The molecule has 0 unspecified atom stereocenters. The van der Waals surface area contributed by atoms with E-state index in [1.54, 1.807) is 0 Å². The van der Waals surface area contributed by atoms with E-state index >= 15 is 4.39 Å². The second kappa shape index (κ2) is 12.7. The van der Waals surface area contributed by atoms with Gasteiger partial charge in [0.05, 0.1) is 30.2 Å². The Morgan fingerprint density at radius 1 is 1.02 bits per heavy atom. The van der Waals surface area contributed by atoms with Gasteiger partial charge >= 0.3 is 12.1 Å². The van der Waals surface area contributed by atoms with E-state index in [4.69, 9.17) is 4.74 Å². The van der Waals surface area contributed by atoms with Gasteiger partial charge in [-0.3, -0.25) is 4.79 Å². The van der Waals surface area contributed by atoms with Crippen LogP contribution >= 0.6 is 0 Å². The third-order valence-electron chi connectivity index (χ3n) is 8.29. The Kier molecular flexibility index (Phi) is 8.97. The van der Waals surface area contributed by atoms with Gasteiger partial charge in [0.25, 0.3) is 0 Å². The molecule has 0 radical (unpaired) electrons. The van der Waals surface area contributed by atoms with E-state index in [1.165, 1.54) is 22.1 Å². The molecule has 3 aromatic rings. The minimum absolute atomic E-state index is 0.0967. The van der Waals surface area contributed by atoms with Gasteiger partial charge in [-0.2, -0.15) is 28.2 Å². The average molecular weight is 604 g/mol. The number of carbonyl (C=O) groups excluding carboxylic acids is 1. The minimum atomic E-state index is -4.91. The molecule has 0 aliphatic heterocycles. The summed E-state index contributed by atoms with van der Waals surface area (Å²) >= 11 is 0. The van der Waals surface area contributed by atoms with Crippen LogP contribution in [0.25, 0.3) is 0 Å². The number of aromatic nitrogens is 4. The number of carboxylic acids is 1. The zero-order valence-electron chi connectivity index (χ0n) is 23.7. The van der Waals surface area contributed by atoms with Crippen molar-refractivity contribution in [2.24, 2.45) is 11.8 Å². The standard InChI is InChI=1S/C30H33F4N5O4/c1-18-7-9-20(10-8-18)28(40)39(21-5-3-2-4-6-21)25-15-24(31)26(14-22(25)29(41)42)43-27-23(30(32,33)34)13-19(16-35-27)17-38-36-11-12-37-38/h11-16,18,20-21H,2-10,17H2,1H3,(H,41,42). The van der Waals surface area contributed by atoms with Gasteiger partial charge in [-0.25, -0.2) is 14.2 Å². The number of carbonyl (C=O) groups is 2. The van der Waals surface area contributed by atoms with Crippen LogP contribution in [0.3, 0.4) is 0 Å². The van der Waals surface area contributed by atoms with Gasteiger partial charge in [0.1, 0.15) is 5.56 Å². The number of pyridine rings is 1. The van der Waals surface area contributed by atoms with Crippen LogP contribution in [0.1, 0.15) is 86.2 Å². The summed E-state index contributed by atoms with van der Waals surface area (Å²) < 4.78 is 62.9. The fourth-order valence-electron chi connectivity index (χ4n) is 5.99. The maximum atomic E-state index is 15.6. The first-order valence-electron chi connectivity index (χ1n) is 14.5. The number of halogens is 4. The summed E-state index contributed by atoms with van der Waals surface area (Å²) in [4.78, 5) is 32.7. The first-order chi connectivity index (χ1) is 20.5. The van der Waals surface area contributed by atoms with Gasteiger partial charge in [0.2, 0.25) is 11.8 Å². The van der Waals surface area contributed by atoms with Crippen LogP contribution in [-0.4, -0.2) is 43.0 Å². The molecule has 1 amide bonds. The van der Waals surface area contributed by atoms with Crippen molar-refractivity contribution in [1.82, 2.24) is 20.0 Å². The highest BCUT2D eigenvalue weighted by atomic mass is 19.4. The van der Waals surface area contributed by atoms with E-state index in [1.807, 2.05) is 0 Å². The molecule has 1 N–H and O–H groups in total. The maximum absolute atomic E-state index is 15.6. The number of hydrogen-bond acceptors (Lipinski definition) is 6. The molecule has 230 valence electrons. The van der Waals surface area contributed by atoms with Crippen molar-refractivity contribution in [3.63, 3.8) is 0 Å². The van der Waals surface area contributed by atoms with Crippen molar-refractivity contribution in [2.75, 3.05) is 4.90 Å². The third kappa shape index (κ3) is 6.97. The maximum Gasteiger partial charge on any atom is 0.421 e. The third-order valence-corrected chi connectivity index (χ3v) is 8.29. The highest BCUT2D eigenvalue weighted by Gasteiger charge is 2.38. The Hall–Kier alpha value is -4.03. The number of rotatable bonds is 8. The molecular formula is C30H33F4N5O4. The number of anilines is 1. The molecule has 2 heterocycles. The van der Waals surface area contributed by atoms with E-state index in [2.05, 4.69) is 22.1 Å². The molecule has 0 bridgehead atoms. The van der Waals surface area contributed by atoms with Gasteiger partial charge in [-0.05, 0) is 56.1 Å².